The number of hydrogen-bond acceptors (Lipinski definition) is 6. The van der Waals surface area contributed by atoms with Gasteiger partial charge in [-0.05, 0) is 44.9 Å². The van der Waals surface area contributed by atoms with Gasteiger partial charge in [-0.25, -0.2) is 0 Å². The van der Waals surface area contributed by atoms with Crippen molar-refractivity contribution >= 4 is 5.91 Å². The first-order valence-corrected chi connectivity index (χ1v) is 9.42. The Labute approximate surface area is 153 Å². The van der Waals surface area contributed by atoms with Crippen molar-refractivity contribution in [2.45, 2.75) is 50.6 Å². The third-order valence-corrected chi connectivity index (χ3v) is 5.61. The van der Waals surface area contributed by atoms with Crippen LogP contribution in [0.4, 0.5) is 0 Å². The summed E-state index contributed by atoms with van der Waals surface area (Å²) in [7, 11) is 2.10. The van der Waals surface area contributed by atoms with Gasteiger partial charge in [0.15, 0.2) is 5.82 Å². The first kappa shape index (κ1) is 17.1. The number of nitrogens with zero attached hydrogens (tertiary/aromatic N) is 5. The predicted molar refractivity (Wildman–Crippen MR) is 95.5 cm³/mol. The van der Waals surface area contributed by atoms with Crippen LogP contribution in [0.2, 0.25) is 0 Å². The molecule has 1 saturated heterocycles. The van der Waals surface area contributed by atoms with Crippen molar-refractivity contribution in [3.63, 3.8) is 0 Å². The average molecular weight is 355 g/mol. The minimum absolute atomic E-state index is 0.0718. The average Bonchev–Trinajstić information content (AvgIpc) is 3.08. The molecule has 2 fully saturated rings. The van der Waals surface area contributed by atoms with Crippen LogP contribution in [0.15, 0.2) is 29.0 Å². The summed E-state index contributed by atoms with van der Waals surface area (Å²) in [5, 5.41) is 4.14. The quantitative estimate of drug-likeness (QED) is 0.820. The fraction of sp³-hybridized carbons (Fsp3) is 0.579. The minimum Gasteiger partial charge on any atom is -0.339 e. The molecule has 2 aromatic heterocycles. The van der Waals surface area contributed by atoms with E-state index in [9.17, 15) is 4.79 Å². The number of rotatable bonds is 5. The lowest BCUT2D eigenvalue weighted by Gasteiger charge is -2.36. The third kappa shape index (κ3) is 3.62. The summed E-state index contributed by atoms with van der Waals surface area (Å²) in [6.45, 7) is 2.22. The number of carbonyl (C=O) groups is 1. The van der Waals surface area contributed by atoms with E-state index in [-0.39, 0.29) is 5.91 Å². The molecule has 0 radical (unpaired) electrons. The molecule has 1 aliphatic heterocycles. The first-order valence-electron chi connectivity index (χ1n) is 9.42. The molecular formula is C19H25N5O2. The molecule has 0 spiro atoms. The largest absolute Gasteiger partial charge is 0.339 e. The monoisotopic (exact) mass is 355 g/mol. The highest BCUT2D eigenvalue weighted by Gasteiger charge is 2.28. The Morgan fingerprint density at radius 1 is 1.31 bits per heavy atom. The molecule has 1 amide bonds. The van der Waals surface area contributed by atoms with Crippen molar-refractivity contribution in [2.75, 3.05) is 20.1 Å². The molecule has 7 heteroatoms. The second-order valence-electron chi connectivity index (χ2n) is 7.36. The van der Waals surface area contributed by atoms with Gasteiger partial charge >= 0.3 is 0 Å². The van der Waals surface area contributed by atoms with Crippen molar-refractivity contribution in [1.29, 1.82) is 0 Å². The van der Waals surface area contributed by atoms with Gasteiger partial charge in [0.1, 0.15) is 0 Å². The van der Waals surface area contributed by atoms with Gasteiger partial charge in [0.05, 0.1) is 12.1 Å². The van der Waals surface area contributed by atoms with E-state index < -0.39 is 0 Å². The Balaban J connectivity index is 1.28. The van der Waals surface area contributed by atoms with Crippen LogP contribution >= 0.6 is 0 Å². The highest BCUT2D eigenvalue weighted by atomic mass is 16.5. The molecule has 3 heterocycles. The Morgan fingerprint density at radius 3 is 2.77 bits per heavy atom. The number of hydrogen-bond donors (Lipinski definition) is 0. The molecule has 0 bridgehead atoms. The molecule has 0 N–H and O–H groups in total. The van der Waals surface area contributed by atoms with Crippen molar-refractivity contribution in [3.05, 3.63) is 41.8 Å². The molecule has 2 aromatic rings. The van der Waals surface area contributed by atoms with Crippen LogP contribution in [0, 0.1) is 0 Å². The molecule has 0 atom stereocenters. The van der Waals surface area contributed by atoms with Crippen LogP contribution in [0.3, 0.4) is 0 Å². The Morgan fingerprint density at radius 2 is 2.12 bits per heavy atom. The fourth-order valence-electron chi connectivity index (χ4n) is 3.69. The van der Waals surface area contributed by atoms with Gasteiger partial charge in [0.25, 0.3) is 5.91 Å². The molecule has 4 rings (SSSR count). The van der Waals surface area contributed by atoms with Gasteiger partial charge in [0, 0.05) is 37.4 Å². The number of likely N-dealkylation sites (tertiary alicyclic amines) is 1. The highest BCUT2D eigenvalue weighted by Crippen LogP contribution is 2.35. The SMILES string of the molecule is CN(Cc1noc(C2CCC2)n1)C1CCN(C(=O)c2cccnc2)CC1. The van der Waals surface area contributed by atoms with E-state index >= 15 is 0 Å². The third-order valence-electron chi connectivity index (χ3n) is 5.61. The van der Waals surface area contributed by atoms with Gasteiger partial charge in [-0.15, -0.1) is 0 Å². The fourth-order valence-corrected chi connectivity index (χ4v) is 3.69. The van der Waals surface area contributed by atoms with Gasteiger partial charge in [0.2, 0.25) is 5.89 Å². The van der Waals surface area contributed by atoms with Gasteiger partial charge in [-0.3, -0.25) is 14.7 Å². The Hall–Kier alpha value is -2.28. The second kappa shape index (κ2) is 7.53. The Bertz CT molecular complexity index is 735. The summed E-state index contributed by atoms with van der Waals surface area (Å²) < 4.78 is 5.41. The van der Waals surface area contributed by atoms with Crippen LogP contribution in [0.1, 0.15) is 60.1 Å². The predicted octanol–water partition coefficient (Wildman–Crippen LogP) is 2.47. The Kier molecular flexibility index (Phi) is 4.97. The van der Waals surface area contributed by atoms with E-state index in [0.717, 1.165) is 37.6 Å². The van der Waals surface area contributed by atoms with E-state index in [2.05, 4.69) is 27.1 Å². The van der Waals surface area contributed by atoms with E-state index in [4.69, 9.17) is 4.52 Å². The minimum atomic E-state index is 0.0718. The smallest absolute Gasteiger partial charge is 0.255 e. The van der Waals surface area contributed by atoms with Crippen molar-refractivity contribution in [3.8, 4) is 0 Å². The summed E-state index contributed by atoms with van der Waals surface area (Å²) >= 11 is 0. The molecule has 7 nitrogen and oxygen atoms in total. The molecule has 0 unspecified atom stereocenters. The van der Waals surface area contributed by atoms with Crippen LogP contribution in [-0.2, 0) is 6.54 Å². The van der Waals surface area contributed by atoms with Gasteiger partial charge in [-0.2, -0.15) is 4.98 Å². The summed E-state index contributed by atoms with van der Waals surface area (Å²) in [6.07, 6.45) is 8.83. The number of aromatic nitrogens is 3. The molecule has 138 valence electrons. The van der Waals surface area contributed by atoms with E-state index in [1.807, 2.05) is 11.0 Å². The number of pyridine rings is 1. The van der Waals surface area contributed by atoms with E-state index in [1.165, 1.54) is 19.3 Å². The zero-order valence-electron chi connectivity index (χ0n) is 15.2. The van der Waals surface area contributed by atoms with Crippen LogP contribution in [-0.4, -0.2) is 57.0 Å². The van der Waals surface area contributed by atoms with Gasteiger partial charge < -0.3 is 9.42 Å². The molecule has 2 aliphatic rings. The van der Waals surface area contributed by atoms with Gasteiger partial charge in [-0.1, -0.05) is 11.6 Å². The summed E-state index contributed by atoms with van der Waals surface area (Å²) in [6, 6.07) is 4.05. The lowest BCUT2D eigenvalue weighted by molar-refractivity contribution is 0.0636. The van der Waals surface area contributed by atoms with E-state index in [1.54, 1.807) is 18.5 Å². The topological polar surface area (TPSA) is 75.4 Å². The summed E-state index contributed by atoms with van der Waals surface area (Å²) in [4.78, 5) is 25.3. The van der Waals surface area contributed by atoms with Crippen LogP contribution in [0.25, 0.3) is 0 Å². The van der Waals surface area contributed by atoms with Crippen molar-refractivity contribution < 1.29 is 9.32 Å². The summed E-state index contributed by atoms with van der Waals surface area (Å²) in [5.41, 5.74) is 0.662. The van der Waals surface area contributed by atoms with Crippen LogP contribution < -0.4 is 0 Å². The lowest BCUT2D eigenvalue weighted by Crippen LogP contribution is -2.45. The second-order valence-corrected chi connectivity index (χ2v) is 7.36. The molecule has 0 aromatic carbocycles. The maximum atomic E-state index is 12.5. The lowest BCUT2D eigenvalue weighted by atomic mass is 9.85. The number of carbonyl (C=O) groups excluding carboxylic acids is 1. The van der Waals surface area contributed by atoms with E-state index in [0.29, 0.717) is 24.1 Å². The standard InChI is InChI=1S/C19H25N5O2/c1-23(13-17-21-18(26-22-17)14-4-2-5-14)16-7-10-24(11-8-16)19(25)15-6-3-9-20-12-15/h3,6,9,12,14,16H,2,4-5,7-8,10-11,13H2,1H3. The van der Waals surface area contributed by atoms with Crippen LogP contribution in [0.5, 0.6) is 0 Å². The number of amides is 1. The number of piperidine rings is 1. The maximum Gasteiger partial charge on any atom is 0.255 e. The first-order chi connectivity index (χ1) is 12.7. The molecular weight excluding hydrogens is 330 g/mol. The zero-order valence-corrected chi connectivity index (χ0v) is 15.2. The summed E-state index contributed by atoms with van der Waals surface area (Å²) in [5.74, 6) is 2.12. The van der Waals surface area contributed by atoms with Crippen molar-refractivity contribution in [2.24, 2.45) is 0 Å². The normalized spacial score (nSPS) is 18.9. The van der Waals surface area contributed by atoms with Crippen molar-refractivity contribution in [1.82, 2.24) is 24.9 Å². The highest BCUT2D eigenvalue weighted by molar-refractivity contribution is 5.93. The zero-order chi connectivity index (χ0) is 17.9. The molecule has 1 saturated carbocycles. The molecule has 1 aliphatic carbocycles. The maximum absolute atomic E-state index is 12.5. The molecule has 26 heavy (non-hydrogen) atoms.